The number of carbonyl (C=O) groups is 2. The van der Waals surface area contributed by atoms with Crippen molar-refractivity contribution in [2.75, 3.05) is 26.2 Å². The second-order valence-electron chi connectivity index (χ2n) is 8.22. The highest BCUT2D eigenvalue weighted by Gasteiger charge is 2.32. The van der Waals surface area contributed by atoms with Crippen LogP contribution in [0.25, 0.3) is 0 Å². The summed E-state index contributed by atoms with van der Waals surface area (Å²) in [5, 5.41) is 2.84. The van der Waals surface area contributed by atoms with Gasteiger partial charge in [-0.3, -0.25) is 9.59 Å². The Labute approximate surface area is 204 Å². The van der Waals surface area contributed by atoms with Gasteiger partial charge in [0.1, 0.15) is 11.9 Å². The maximum absolute atomic E-state index is 13.6. The standard InChI is InChI=1S/C26H26FN3O4S/c27-22-12-14-23(15-13-22)35(33,34)30-17-7-16-29(18-19-30)26(32)24(20-8-3-1-4-9-20)28-25(31)21-10-5-2-6-11-21/h1-6,8-15,24H,7,16-19H2,(H,28,31)/t24-/m0/s1. The SMILES string of the molecule is O=C(N[C@H](C(=O)N1CCCN(S(=O)(=O)c2ccc(F)cc2)CC1)c1ccccc1)c1ccccc1. The number of carbonyl (C=O) groups excluding carboxylic acids is 2. The number of hydrogen-bond acceptors (Lipinski definition) is 4. The summed E-state index contributed by atoms with van der Waals surface area (Å²) < 4.78 is 40.6. The van der Waals surface area contributed by atoms with Gasteiger partial charge in [0, 0.05) is 31.7 Å². The molecular weight excluding hydrogens is 469 g/mol. The minimum Gasteiger partial charge on any atom is -0.339 e. The Kier molecular flexibility index (Phi) is 7.57. The van der Waals surface area contributed by atoms with Crippen LogP contribution in [-0.2, 0) is 14.8 Å². The minimum absolute atomic E-state index is 0.0102. The summed E-state index contributed by atoms with van der Waals surface area (Å²) in [5.74, 6) is -1.19. The lowest BCUT2D eigenvalue weighted by Gasteiger charge is -2.27. The van der Waals surface area contributed by atoms with E-state index in [1.165, 1.54) is 16.4 Å². The molecule has 1 atom stereocenters. The summed E-state index contributed by atoms with van der Waals surface area (Å²) in [7, 11) is -3.82. The van der Waals surface area contributed by atoms with E-state index in [1.54, 1.807) is 59.5 Å². The number of halogens is 1. The van der Waals surface area contributed by atoms with Gasteiger partial charge in [-0.15, -0.1) is 0 Å². The number of nitrogens with one attached hydrogen (secondary N) is 1. The molecule has 0 spiro atoms. The number of benzene rings is 3. The van der Waals surface area contributed by atoms with Gasteiger partial charge in [-0.25, -0.2) is 12.8 Å². The molecule has 9 heteroatoms. The van der Waals surface area contributed by atoms with E-state index in [1.807, 2.05) is 6.07 Å². The van der Waals surface area contributed by atoms with Crippen LogP contribution in [0.15, 0.2) is 89.8 Å². The van der Waals surface area contributed by atoms with E-state index in [0.717, 1.165) is 12.1 Å². The molecular formula is C26H26FN3O4S. The van der Waals surface area contributed by atoms with Gasteiger partial charge in [0.25, 0.3) is 5.91 Å². The van der Waals surface area contributed by atoms with E-state index >= 15 is 0 Å². The molecule has 182 valence electrons. The maximum atomic E-state index is 13.6. The van der Waals surface area contributed by atoms with E-state index in [4.69, 9.17) is 0 Å². The first-order chi connectivity index (χ1) is 16.9. The van der Waals surface area contributed by atoms with Crippen molar-refractivity contribution in [2.45, 2.75) is 17.4 Å². The van der Waals surface area contributed by atoms with Crippen molar-refractivity contribution in [3.63, 3.8) is 0 Å². The molecule has 0 aromatic heterocycles. The van der Waals surface area contributed by atoms with Gasteiger partial charge in [-0.1, -0.05) is 48.5 Å². The summed E-state index contributed by atoms with van der Waals surface area (Å²) in [6.45, 7) is 0.845. The molecule has 0 saturated carbocycles. The quantitative estimate of drug-likeness (QED) is 0.569. The Morgan fingerprint density at radius 3 is 2.09 bits per heavy atom. The zero-order chi connectivity index (χ0) is 24.8. The molecule has 2 amide bonds. The van der Waals surface area contributed by atoms with Crippen molar-refractivity contribution in [2.24, 2.45) is 0 Å². The summed E-state index contributed by atoms with van der Waals surface area (Å²) in [5.41, 5.74) is 1.08. The van der Waals surface area contributed by atoms with Crippen LogP contribution in [-0.4, -0.2) is 55.6 Å². The fraction of sp³-hybridized carbons (Fsp3) is 0.231. The fourth-order valence-electron chi connectivity index (χ4n) is 4.03. The first kappa shape index (κ1) is 24.6. The average Bonchev–Trinajstić information content (AvgIpc) is 3.15. The smallest absolute Gasteiger partial charge is 0.252 e. The highest BCUT2D eigenvalue weighted by molar-refractivity contribution is 7.89. The van der Waals surface area contributed by atoms with E-state index in [-0.39, 0.29) is 36.3 Å². The third-order valence-corrected chi connectivity index (χ3v) is 7.82. The van der Waals surface area contributed by atoms with Gasteiger partial charge in [-0.05, 0) is 48.4 Å². The summed E-state index contributed by atoms with van der Waals surface area (Å²) in [6, 6.07) is 21.4. The van der Waals surface area contributed by atoms with Crippen LogP contribution in [0.3, 0.4) is 0 Å². The Bertz CT molecular complexity index is 1270. The largest absolute Gasteiger partial charge is 0.339 e. The van der Waals surface area contributed by atoms with Crippen LogP contribution in [0.2, 0.25) is 0 Å². The number of amides is 2. The highest BCUT2D eigenvalue weighted by Crippen LogP contribution is 2.21. The Balaban J connectivity index is 1.51. The predicted octanol–water partition coefficient (Wildman–Crippen LogP) is 3.22. The molecule has 1 heterocycles. The normalized spacial score (nSPS) is 15.7. The molecule has 7 nitrogen and oxygen atoms in total. The number of nitrogens with zero attached hydrogens (tertiary/aromatic N) is 2. The molecule has 0 unspecified atom stereocenters. The molecule has 1 saturated heterocycles. The Hall–Kier alpha value is -3.56. The van der Waals surface area contributed by atoms with Gasteiger partial charge in [0.2, 0.25) is 15.9 Å². The van der Waals surface area contributed by atoms with E-state index < -0.39 is 21.9 Å². The van der Waals surface area contributed by atoms with Crippen LogP contribution >= 0.6 is 0 Å². The Morgan fingerprint density at radius 1 is 0.800 bits per heavy atom. The zero-order valence-corrected chi connectivity index (χ0v) is 19.8. The first-order valence-corrected chi connectivity index (χ1v) is 12.8. The molecule has 0 radical (unpaired) electrons. The van der Waals surface area contributed by atoms with Crippen molar-refractivity contribution in [1.29, 1.82) is 0 Å². The van der Waals surface area contributed by atoms with Gasteiger partial charge in [-0.2, -0.15) is 4.31 Å². The minimum atomic E-state index is -3.82. The molecule has 0 aliphatic carbocycles. The molecule has 1 N–H and O–H groups in total. The predicted molar refractivity (Wildman–Crippen MR) is 129 cm³/mol. The molecule has 4 rings (SSSR count). The summed E-state index contributed by atoms with van der Waals surface area (Å²) >= 11 is 0. The molecule has 1 aliphatic heterocycles. The molecule has 3 aromatic carbocycles. The first-order valence-electron chi connectivity index (χ1n) is 11.3. The molecule has 35 heavy (non-hydrogen) atoms. The van der Waals surface area contributed by atoms with Crippen LogP contribution in [0.4, 0.5) is 4.39 Å². The monoisotopic (exact) mass is 495 g/mol. The number of rotatable bonds is 6. The van der Waals surface area contributed by atoms with Gasteiger partial charge >= 0.3 is 0 Å². The maximum Gasteiger partial charge on any atom is 0.252 e. The van der Waals surface area contributed by atoms with Crippen molar-refractivity contribution < 1.29 is 22.4 Å². The lowest BCUT2D eigenvalue weighted by atomic mass is 10.0. The van der Waals surface area contributed by atoms with Gasteiger partial charge in [0.05, 0.1) is 4.90 Å². The second kappa shape index (κ2) is 10.8. The van der Waals surface area contributed by atoms with Crippen LogP contribution in [0.5, 0.6) is 0 Å². The van der Waals surface area contributed by atoms with Crippen molar-refractivity contribution in [3.8, 4) is 0 Å². The van der Waals surface area contributed by atoms with Crippen molar-refractivity contribution >= 4 is 21.8 Å². The third kappa shape index (κ3) is 5.75. The van der Waals surface area contributed by atoms with Crippen molar-refractivity contribution in [1.82, 2.24) is 14.5 Å². The molecule has 1 aliphatic rings. The second-order valence-corrected chi connectivity index (χ2v) is 10.2. The highest BCUT2D eigenvalue weighted by atomic mass is 32.2. The number of sulfonamides is 1. The zero-order valence-electron chi connectivity index (χ0n) is 19.0. The van der Waals surface area contributed by atoms with E-state index in [9.17, 15) is 22.4 Å². The van der Waals surface area contributed by atoms with Gasteiger partial charge in [0.15, 0.2) is 0 Å². The lowest BCUT2D eigenvalue weighted by molar-refractivity contribution is -0.133. The van der Waals surface area contributed by atoms with Crippen LogP contribution in [0, 0.1) is 5.82 Å². The molecule has 0 bridgehead atoms. The fourth-order valence-corrected chi connectivity index (χ4v) is 5.50. The summed E-state index contributed by atoms with van der Waals surface area (Å²) in [4.78, 5) is 28.0. The van der Waals surface area contributed by atoms with Crippen molar-refractivity contribution in [3.05, 3.63) is 102 Å². The lowest BCUT2D eigenvalue weighted by Crippen LogP contribution is -2.44. The molecule has 1 fully saturated rings. The molecule has 3 aromatic rings. The van der Waals surface area contributed by atoms with Crippen LogP contribution < -0.4 is 5.32 Å². The van der Waals surface area contributed by atoms with E-state index in [2.05, 4.69) is 5.32 Å². The van der Waals surface area contributed by atoms with Gasteiger partial charge < -0.3 is 10.2 Å². The third-order valence-electron chi connectivity index (χ3n) is 5.91. The topological polar surface area (TPSA) is 86.8 Å². The van der Waals surface area contributed by atoms with Crippen LogP contribution in [0.1, 0.15) is 28.4 Å². The Morgan fingerprint density at radius 2 is 1.43 bits per heavy atom. The number of hydrogen-bond donors (Lipinski definition) is 1. The summed E-state index contributed by atoms with van der Waals surface area (Å²) in [6.07, 6.45) is 0.431. The average molecular weight is 496 g/mol. The van der Waals surface area contributed by atoms with E-state index in [0.29, 0.717) is 24.1 Å².